The van der Waals surface area contributed by atoms with Gasteiger partial charge in [0.15, 0.2) is 0 Å². The number of sulfonamides is 1. The van der Waals surface area contributed by atoms with Crippen LogP contribution in [0.4, 0.5) is 0 Å². The van der Waals surface area contributed by atoms with Gasteiger partial charge in [-0.25, -0.2) is 12.7 Å². The molecule has 33 heavy (non-hydrogen) atoms. The zero-order valence-electron chi connectivity index (χ0n) is 18.7. The van der Waals surface area contributed by atoms with Crippen LogP contribution in [0.1, 0.15) is 47.2 Å². The minimum atomic E-state index is -3.18. The average Bonchev–Trinajstić information content (AvgIpc) is 3.26. The number of nitrogens with one attached hydrogen (secondary N) is 1. The van der Waals surface area contributed by atoms with Gasteiger partial charge in [0, 0.05) is 24.7 Å². The molecule has 2 aromatic carbocycles. The molecule has 0 aliphatic carbocycles. The Balaban J connectivity index is 1.73. The second-order valence-corrected chi connectivity index (χ2v) is 10.4. The van der Waals surface area contributed by atoms with Crippen LogP contribution in [0.15, 0.2) is 47.8 Å². The average molecular weight is 469 g/mol. The molecule has 0 atom stereocenters. The number of carbonyl (C=O) groups is 1. The molecule has 0 spiro atoms. The number of aromatic amines is 1. The first kappa shape index (κ1) is 23.0. The number of benzene rings is 2. The summed E-state index contributed by atoms with van der Waals surface area (Å²) >= 11 is 0. The minimum Gasteiger partial charge on any atom is -0.399 e. The van der Waals surface area contributed by atoms with Gasteiger partial charge in [-0.3, -0.25) is 4.79 Å². The van der Waals surface area contributed by atoms with Crippen LogP contribution in [0.25, 0.3) is 22.0 Å². The molecule has 2 heterocycles. The summed E-state index contributed by atoms with van der Waals surface area (Å²) in [4.78, 5) is 20.3. The van der Waals surface area contributed by atoms with Crippen LogP contribution in [0, 0.1) is 0 Å². The lowest BCUT2D eigenvalue weighted by molar-refractivity contribution is 0.100. The highest BCUT2D eigenvalue weighted by molar-refractivity contribution is 7.89. The van der Waals surface area contributed by atoms with Crippen molar-refractivity contribution < 1.29 is 18.0 Å². The molecular formula is C24H28N4O4S. The maximum Gasteiger partial charge on any atom is 0.250 e. The Kier molecular flexibility index (Phi) is 6.53. The summed E-state index contributed by atoms with van der Waals surface area (Å²) in [5, 5.41) is 4.76. The van der Waals surface area contributed by atoms with Gasteiger partial charge in [0.1, 0.15) is 7.11 Å². The molecule has 8 nitrogen and oxygen atoms in total. The third kappa shape index (κ3) is 4.65. The molecule has 3 aromatic rings. The van der Waals surface area contributed by atoms with Gasteiger partial charge in [-0.1, -0.05) is 23.4 Å². The number of H-pyrrole nitrogens is 1. The molecule has 0 bridgehead atoms. The van der Waals surface area contributed by atoms with Gasteiger partial charge in [-0.2, -0.15) is 0 Å². The van der Waals surface area contributed by atoms with E-state index in [1.807, 2.05) is 30.5 Å². The Labute approximate surface area is 193 Å². The van der Waals surface area contributed by atoms with Crippen LogP contribution in [0.5, 0.6) is 0 Å². The largest absolute Gasteiger partial charge is 0.399 e. The van der Waals surface area contributed by atoms with E-state index >= 15 is 0 Å². The Morgan fingerprint density at radius 2 is 2.00 bits per heavy atom. The number of oxime groups is 1. The van der Waals surface area contributed by atoms with E-state index in [1.54, 1.807) is 23.5 Å². The molecule has 174 valence electrons. The van der Waals surface area contributed by atoms with Gasteiger partial charge in [-0.05, 0) is 66.1 Å². The van der Waals surface area contributed by atoms with Crippen molar-refractivity contribution in [3.63, 3.8) is 0 Å². The van der Waals surface area contributed by atoms with Gasteiger partial charge in [-0.15, -0.1) is 0 Å². The Morgan fingerprint density at radius 1 is 1.24 bits per heavy atom. The quantitative estimate of drug-likeness (QED) is 0.408. The molecular weight excluding hydrogens is 440 g/mol. The summed E-state index contributed by atoms with van der Waals surface area (Å²) < 4.78 is 26.0. The Bertz CT molecular complexity index is 1310. The highest BCUT2D eigenvalue weighted by Gasteiger charge is 2.29. The van der Waals surface area contributed by atoms with E-state index in [2.05, 4.69) is 16.2 Å². The second-order valence-electron chi connectivity index (χ2n) is 8.17. The number of primary amides is 1. The summed E-state index contributed by atoms with van der Waals surface area (Å²) in [5.41, 5.74) is 10.6. The number of hydrogen-bond acceptors (Lipinski definition) is 5. The van der Waals surface area contributed by atoms with Crippen molar-refractivity contribution in [3.05, 3.63) is 59.3 Å². The molecule has 0 radical (unpaired) electrons. The van der Waals surface area contributed by atoms with Gasteiger partial charge < -0.3 is 15.6 Å². The second kappa shape index (κ2) is 9.36. The van der Waals surface area contributed by atoms with E-state index in [-0.39, 0.29) is 11.7 Å². The van der Waals surface area contributed by atoms with Crippen molar-refractivity contribution in [1.82, 2.24) is 9.29 Å². The summed E-state index contributed by atoms with van der Waals surface area (Å²) in [6.07, 6.45) is 5.00. The van der Waals surface area contributed by atoms with Crippen molar-refractivity contribution in [2.75, 3.05) is 26.0 Å². The summed E-state index contributed by atoms with van der Waals surface area (Å²) in [6, 6.07) is 11.6. The van der Waals surface area contributed by atoms with Crippen LogP contribution in [0.3, 0.4) is 0 Å². The SMILES string of the molecule is CCS(=O)(=O)N1CCC(c2c[nH]c3c(C(N)=O)cc(-c4cccc(/C=N/OC)c4)cc23)CC1. The Hall–Kier alpha value is -3.17. The summed E-state index contributed by atoms with van der Waals surface area (Å²) in [6.45, 7) is 2.66. The fraction of sp³-hybridized carbons (Fsp3) is 0.333. The number of nitrogens with zero attached hydrogens (tertiary/aromatic N) is 2. The summed E-state index contributed by atoms with van der Waals surface area (Å²) in [7, 11) is -1.69. The maximum atomic E-state index is 12.3. The molecule has 1 saturated heterocycles. The first-order valence-electron chi connectivity index (χ1n) is 10.9. The molecule has 1 fully saturated rings. The first-order valence-corrected chi connectivity index (χ1v) is 12.5. The lowest BCUT2D eigenvalue weighted by Gasteiger charge is -2.31. The van der Waals surface area contributed by atoms with Crippen molar-refractivity contribution in [2.45, 2.75) is 25.7 Å². The van der Waals surface area contributed by atoms with Gasteiger partial charge in [0.25, 0.3) is 5.91 Å². The van der Waals surface area contributed by atoms with Crippen LogP contribution < -0.4 is 5.73 Å². The van der Waals surface area contributed by atoms with Gasteiger partial charge in [0.2, 0.25) is 10.0 Å². The molecule has 1 amide bonds. The predicted octanol–water partition coefficient (Wildman–Crippen LogP) is 3.44. The third-order valence-corrected chi connectivity index (χ3v) is 8.15. The van der Waals surface area contributed by atoms with Crippen LogP contribution >= 0.6 is 0 Å². The fourth-order valence-electron chi connectivity index (χ4n) is 4.49. The highest BCUT2D eigenvalue weighted by Crippen LogP contribution is 2.37. The first-order chi connectivity index (χ1) is 15.8. The molecule has 0 unspecified atom stereocenters. The number of nitrogens with two attached hydrogens (primary N) is 1. The number of fused-ring (bicyclic) bond motifs is 1. The van der Waals surface area contributed by atoms with Crippen molar-refractivity contribution in [1.29, 1.82) is 0 Å². The molecule has 1 aliphatic heterocycles. The number of carbonyl (C=O) groups excluding carboxylic acids is 1. The lowest BCUT2D eigenvalue weighted by atomic mass is 9.88. The third-order valence-electron chi connectivity index (χ3n) is 6.27. The molecule has 3 N–H and O–H groups in total. The highest BCUT2D eigenvalue weighted by atomic mass is 32.2. The number of amides is 1. The zero-order chi connectivity index (χ0) is 23.6. The van der Waals surface area contributed by atoms with E-state index in [1.165, 1.54) is 7.11 Å². The van der Waals surface area contributed by atoms with Crippen LogP contribution in [-0.4, -0.2) is 55.8 Å². The number of aromatic nitrogens is 1. The van der Waals surface area contributed by atoms with Gasteiger partial charge in [0.05, 0.1) is 23.0 Å². The number of rotatable bonds is 7. The summed E-state index contributed by atoms with van der Waals surface area (Å²) in [5.74, 6) is -0.195. The smallest absolute Gasteiger partial charge is 0.250 e. The molecule has 0 saturated carbocycles. The number of piperidine rings is 1. The molecule has 1 aromatic heterocycles. The topological polar surface area (TPSA) is 118 Å². The van der Waals surface area contributed by atoms with E-state index in [0.29, 0.717) is 24.2 Å². The van der Waals surface area contributed by atoms with Crippen molar-refractivity contribution in [3.8, 4) is 11.1 Å². The van der Waals surface area contributed by atoms with Crippen LogP contribution in [0.2, 0.25) is 0 Å². The van der Waals surface area contributed by atoms with E-state index in [4.69, 9.17) is 10.6 Å². The fourth-order valence-corrected chi connectivity index (χ4v) is 5.62. The predicted molar refractivity (Wildman–Crippen MR) is 130 cm³/mol. The van der Waals surface area contributed by atoms with Crippen LogP contribution in [-0.2, 0) is 14.9 Å². The monoisotopic (exact) mass is 468 g/mol. The maximum absolute atomic E-state index is 12.3. The van der Waals surface area contributed by atoms with E-state index < -0.39 is 15.9 Å². The van der Waals surface area contributed by atoms with Crippen molar-refractivity contribution >= 4 is 33.0 Å². The van der Waals surface area contributed by atoms with Crippen molar-refractivity contribution in [2.24, 2.45) is 10.9 Å². The number of hydrogen-bond donors (Lipinski definition) is 2. The molecule has 1 aliphatic rings. The Morgan fingerprint density at radius 3 is 2.67 bits per heavy atom. The van der Waals surface area contributed by atoms with E-state index in [9.17, 15) is 13.2 Å². The minimum absolute atomic E-state index is 0.115. The molecule has 9 heteroatoms. The normalized spacial score (nSPS) is 15.9. The standard InChI is InChI=1S/C24H28N4O4S/c1-3-33(30,31)28-9-7-17(8-10-28)22-15-26-23-20(22)12-19(13-21(23)24(25)29)18-6-4-5-16(11-18)14-27-32-2/h4-6,11-15,17,26H,3,7-10H2,1-2H3,(H2,25,29)/b27-14+. The van der Waals surface area contributed by atoms with Gasteiger partial charge >= 0.3 is 0 Å². The van der Waals surface area contributed by atoms with E-state index in [0.717, 1.165) is 40.5 Å². The molecule has 4 rings (SSSR count). The zero-order valence-corrected chi connectivity index (χ0v) is 19.6. The lowest BCUT2D eigenvalue weighted by Crippen LogP contribution is -2.38.